The number of hydrogen-bond acceptors (Lipinski definition) is 4. The predicted molar refractivity (Wildman–Crippen MR) is 34.6 cm³/mol. The van der Waals surface area contributed by atoms with Gasteiger partial charge in [-0.2, -0.15) is 0 Å². The van der Waals surface area contributed by atoms with Crippen molar-refractivity contribution in [1.82, 2.24) is 0 Å². The Labute approximate surface area is 63.8 Å². The minimum Gasteiger partial charge on any atom is -0.462 e. The Hall–Kier alpha value is -0.610. The lowest BCUT2D eigenvalue weighted by Gasteiger charge is -2.10. The zero-order valence-corrected chi connectivity index (χ0v) is 5.93. The van der Waals surface area contributed by atoms with Crippen molar-refractivity contribution in [3.05, 3.63) is 0 Å². The highest BCUT2D eigenvalue weighted by atomic mass is 16.6. The van der Waals surface area contributed by atoms with E-state index in [4.69, 9.17) is 9.84 Å². The Morgan fingerprint density at radius 3 is 2.82 bits per heavy atom. The maximum Gasteiger partial charge on any atom is 0.306 e. The average Bonchev–Trinajstić information content (AvgIpc) is 2.37. The smallest absolute Gasteiger partial charge is 0.306 e. The minimum atomic E-state index is -0.772. The third kappa shape index (κ3) is 0.937. The number of aliphatic hydroxyl groups is 2. The molecule has 4 nitrogen and oxygen atoms in total. The van der Waals surface area contributed by atoms with Gasteiger partial charge in [0, 0.05) is 12.3 Å². The molecule has 0 spiro atoms. The van der Waals surface area contributed by atoms with E-state index in [1.165, 1.54) is 0 Å². The molecule has 1 aliphatic heterocycles. The number of ether oxygens (including phenoxy) is 1. The van der Waals surface area contributed by atoms with Crippen molar-refractivity contribution < 1.29 is 19.7 Å². The van der Waals surface area contributed by atoms with Gasteiger partial charge in [-0.15, -0.1) is 0 Å². The summed E-state index contributed by atoms with van der Waals surface area (Å²) >= 11 is 0. The number of aliphatic hydroxyl groups excluding tert-OH is 2. The van der Waals surface area contributed by atoms with E-state index >= 15 is 0 Å². The number of carbonyl (C=O) groups excluding carboxylic acids is 1. The Bertz CT molecular complexity index is 191. The van der Waals surface area contributed by atoms with E-state index in [1.807, 2.05) is 0 Å². The van der Waals surface area contributed by atoms with Gasteiger partial charge in [0.05, 0.1) is 18.6 Å². The van der Waals surface area contributed by atoms with Crippen molar-refractivity contribution >= 4 is 5.97 Å². The van der Waals surface area contributed by atoms with Crippen molar-refractivity contribution in [3.8, 4) is 0 Å². The monoisotopic (exact) mass is 158 g/mol. The van der Waals surface area contributed by atoms with E-state index in [-0.39, 0.29) is 24.4 Å². The highest BCUT2D eigenvalue weighted by Crippen LogP contribution is 2.36. The van der Waals surface area contributed by atoms with Crippen LogP contribution in [0.15, 0.2) is 0 Å². The molecule has 2 fully saturated rings. The Balaban J connectivity index is 2.13. The highest BCUT2D eigenvalue weighted by Gasteiger charge is 2.48. The Morgan fingerprint density at radius 1 is 1.45 bits per heavy atom. The molecule has 1 saturated heterocycles. The van der Waals surface area contributed by atoms with Crippen LogP contribution in [0.25, 0.3) is 0 Å². The number of carbonyl (C=O) groups is 1. The number of hydrogen-bond donors (Lipinski definition) is 2. The van der Waals surface area contributed by atoms with Crippen LogP contribution in [0.5, 0.6) is 0 Å². The average molecular weight is 158 g/mol. The van der Waals surface area contributed by atoms with Crippen molar-refractivity contribution in [3.63, 3.8) is 0 Å². The molecular weight excluding hydrogens is 148 g/mol. The second-order valence-corrected chi connectivity index (χ2v) is 3.19. The largest absolute Gasteiger partial charge is 0.462 e. The molecule has 1 heterocycles. The fraction of sp³-hybridized carbons (Fsp3) is 0.857. The summed E-state index contributed by atoms with van der Waals surface area (Å²) in [4.78, 5) is 10.7. The lowest BCUT2D eigenvalue weighted by atomic mass is 10.0. The lowest BCUT2D eigenvalue weighted by molar-refractivity contribution is -0.142. The molecule has 0 unspecified atom stereocenters. The molecule has 0 aromatic carbocycles. The fourth-order valence-corrected chi connectivity index (χ4v) is 1.85. The number of fused-ring (bicyclic) bond motifs is 1. The van der Waals surface area contributed by atoms with Crippen molar-refractivity contribution in [1.29, 1.82) is 0 Å². The van der Waals surface area contributed by atoms with Crippen molar-refractivity contribution in [2.75, 3.05) is 0 Å². The Morgan fingerprint density at radius 2 is 2.18 bits per heavy atom. The summed E-state index contributed by atoms with van der Waals surface area (Å²) in [5, 5.41) is 18.5. The second-order valence-electron chi connectivity index (χ2n) is 3.19. The summed E-state index contributed by atoms with van der Waals surface area (Å²) in [7, 11) is 0. The van der Waals surface area contributed by atoms with E-state index in [0.29, 0.717) is 6.42 Å². The molecule has 2 aliphatic rings. The molecule has 62 valence electrons. The number of esters is 1. The normalized spacial score (nSPS) is 49.1. The molecule has 4 heteroatoms. The first-order valence-electron chi connectivity index (χ1n) is 3.74. The first-order chi connectivity index (χ1) is 5.18. The van der Waals surface area contributed by atoms with E-state index in [1.54, 1.807) is 0 Å². The standard InChI is InChI=1S/C7H10O4/c8-4-2-5-3(7(4)10)1-6(9)11-5/h3-5,7-8,10H,1-2H2/t3-,4-,5-,7+/m0/s1. The van der Waals surface area contributed by atoms with Crippen LogP contribution >= 0.6 is 0 Å². The maximum absolute atomic E-state index is 10.7. The van der Waals surface area contributed by atoms with Crippen molar-refractivity contribution in [2.24, 2.45) is 5.92 Å². The van der Waals surface area contributed by atoms with E-state index < -0.39 is 12.2 Å². The zero-order valence-electron chi connectivity index (χ0n) is 5.93. The molecule has 0 radical (unpaired) electrons. The summed E-state index contributed by atoms with van der Waals surface area (Å²) in [6.07, 6.45) is -1.09. The first-order valence-corrected chi connectivity index (χ1v) is 3.74. The summed E-state index contributed by atoms with van der Waals surface area (Å²) < 4.78 is 4.87. The summed E-state index contributed by atoms with van der Waals surface area (Å²) in [5.41, 5.74) is 0. The van der Waals surface area contributed by atoms with Gasteiger partial charge >= 0.3 is 5.97 Å². The summed E-state index contributed by atoms with van der Waals surface area (Å²) in [6, 6.07) is 0. The van der Waals surface area contributed by atoms with Crippen LogP contribution in [0.1, 0.15) is 12.8 Å². The maximum atomic E-state index is 10.7. The van der Waals surface area contributed by atoms with E-state index in [9.17, 15) is 9.90 Å². The van der Waals surface area contributed by atoms with Crippen LogP contribution in [0, 0.1) is 5.92 Å². The topological polar surface area (TPSA) is 66.8 Å². The molecule has 1 aliphatic carbocycles. The third-order valence-corrected chi connectivity index (χ3v) is 2.47. The minimum absolute atomic E-state index is 0.169. The van der Waals surface area contributed by atoms with Gasteiger partial charge in [0.15, 0.2) is 0 Å². The van der Waals surface area contributed by atoms with Crippen LogP contribution in [0.4, 0.5) is 0 Å². The molecule has 11 heavy (non-hydrogen) atoms. The van der Waals surface area contributed by atoms with Gasteiger partial charge in [-0.3, -0.25) is 4.79 Å². The molecule has 0 amide bonds. The van der Waals surface area contributed by atoms with Crippen LogP contribution in [0.2, 0.25) is 0 Å². The second kappa shape index (κ2) is 2.19. The molecular formula is C7H10O4. The van der Waals surface area contributed by atoms with E-state index in [0.717, 1.165) is 0 Å². The molecule has 1 saturated carbocycles. The molecule has 4 atom stereocenters. The lowest BCUT2D eigenvalue weighted by Crippen LogP contribution is -2.25. The third-order valence-electron chi connectivity index (χ3n) is 2.47. The zero-order chi connectivity index (χ0) is 8.01. The van der Waals surface area contributed by atoms with Gasteiger partial charge < -0.3 is 14.9 Å². The first kappa shape index (κ1) is 7.06. The van der Waals surface area contributed by atoms with Gasteiger partial charge in [0.25, 0.3) is 0 Å². The molecule has 0 aromatic rings. The SMILES string of the molecule is O=C1C[C@@H]2[C@@H](O)[C@@H](O)C[C@@H]2O1. The predicted octanol–water partition coefficient (Wildman–Crippen LogP) is -0.956. The van der Waals surface area contributed by atoms with Crippen LogP contribution in [-0.2, 0) is 9.53 Å². The fourth-order valence-electron chi connectivity index (χ4n) is 1.85. The van der Waals surface area contributed by atoms with Gasteiger partial charge in [0.2, 0.25) is 0 Å². The summed E-state index contributed by atoms with van der Waals surface area (Å²) in [6.45, 7) is 0. The molecule has 2 N–H and O–H groups in total. The highest BCUT2D eigenvalue weighted by molar-refractivity contribution is 5.72. The van der Waals surface area contributed by atoms with Crippen molar-refractivity contribution in [2.45, 2.75) is 31.2 Å². The number of rotatable bonds is 0. The molecule has 2 rings (SSSR count). The van der Waals surface area contributed by atoms with Crippen LogP contribution in [0.3, 0.4) is 0 Å². The summed E-state index contributed by atoms with van der Waals surface area (Å²) in [5.74, 6) is -0.427. The van der Waals surface area contributed by atoms with Gasteiger partial charge in [0.1, 0.15) is 6.10 Å². The van der Waals surface area contributed by atoms with Gasteiger partial charge in [-0.1, -0.05) is 0 Å². The Kier molecular flexibility index (Phi) is 1.40. The van der Waals surface area contributed by atoms with Crippen LogP contribution < -0.4 is 0 Å². The van der Waals surface area contributed by atoms with Crippen LogP contribution in [-0.4, -0.2) is 34.5 Å². The molecule has 0 bridgehead atoms. The van der Waals surface area contributed by atoms with Gasteiger partial charge in [-0.05, 0) is 0 Å². The van der Waals surface area contributed by atoms with E-state index in [2.05, 4.69) is 0 Å². The molecule has 0 aromatic heterocycles. The van der Waals surface area contributed by atoms with Gasteiger partial charge in [-0.25, -0.2) is 0 Å². The quantitative estimate of drug-likeness (QED) is 0.446.